The van der Waals surface area contributed by atoms with Crippen molar-refractivity contribution in [2.75, 3.05) is 17.2 Å². The van der Waals surface area contributed by atoms with E-state index < -0.39 is 0 Å². The predicted molar refractivity (Wildman–Crippen MR) is 95.1 cm³/mol. The molecule has 1 aliphatic rings. The number of rotatable bonds is 4. The highest BCUT2D eigenvalue weighted by molar-refractivity contribution is 6.05. The first-order valence-electron chi connectivity index (χ1n) is 8.10. The number of anilines is 2. The Morgan fingerprint density at radius 2 is 1.84 bits per heavy atom. The minimum atomic E-state index is -0.231. The van der Waals surface area contributed by atoms with E-state index in [9.17, 15) is 9.59 Å². The third-order valence-corrected chi connectivity index (χ3v) is 3.89. The summed E-state index contributed by atoms with van der Waals surface area (Å²) in [4.78, 5) is 28.5. The Morgan fingerprint density at radius 1 is 1.04 bits per heavy atom. The molecule has 1 aromatic carbocycles. The van der Waals surface area contributed by atoms with Crippen molar-refractivity contribution in [2.45, 2.75) is 19.8 Å². The molecule has 0 bridgehead atoms. The van der Waals surface area contributed by atoms with Crippen LogP contribution in [0.1, 0.15) is 30.1 Å². The van der Waals surface area contributed by atoms with Gasteiger partial charge in [-0.05, 0) is 44.0 Å². The predicted octanol–water partition coefficient (Wildman–Crippen LogP) is 3.36. The van der Waals surface area contributed by atoms with Gasteiger partial charge >= 0.3 is 0 Å². The van der Waals surface area contributed by atoms with Crippen LogP contribution >= 0.6 is 0 Å². The number of nitrogens with zero attached hydrogens (tertiary/aromatic N) is 1. The second-order valence-electron chi connectivity index (χ2n) is 5.69. The van der Waals surface area contributed by atoms with Gasteiger partial charge in [0, 0.05) is 5.56 Å². The molecule has 2 aromatic rings. The minimum absolute atomic E-state index is 0.180. The minimum Gasteiger partial charge on any atom is -0.498 e. The molecule has 128 valence electrons. The van der Waals surface area contributed by atoms with Crippen LogP contribution in [0.15, 0.2) is 60.0 Å². The normalized spacial score (nSPS) is 13.8. The number of carbonyl (C=O) groups is 2. The second-order valence-corrected chi connectivity index (χ2v) is 5.69. The highest BCUT2D eigenvalue weighted by Gasteiger charge is 2.18. The fourth-order valence-electron chi connectivity index (χ4n) is 2.54. The molecular formula is C19H19N3O3. The number of nitrogens with one attached hydrogen (secondary N) is 2. The number of carbonyl (C=O) groups excluding carboxylic acids is 2. The highest BCUT2D eigenvalue weighted by atomic mass is 16.5. The second kappa shape index (κ2) is 7.61. The summed E-state index contributed by atoms with van der Waals surface area (Å²) in [6, 6.07) is 12.2. The molecule has 3 rings (SSSR count). The molecule has 0 aliphatic carbocycles. The van der Waals surface area contributed by atoms with E-state index in [1.165, 1.54) is 6.20 Å². The molecule has 0 saturated carbocycles. The summed E-state index contributed by atoms with van der Waals surface area (Å²) in [6.07, 6.45) is 3.05. The molecule has 0 radical (unpaired) electrons. The monoisotopic (exact) mass is 337 g/mol. The van der Waals surface area contributed by atoms with Crippen molar-refractivity contribution in [3.05, 3.63) is 65.6 Å². The summed E-state index contributed by atoms with van der Waals surface area (Å²) in [5, 5.41) is 5.52. The summed E-state index contributed by atoms with van der Waals surface area (Å²) in [5.41, 5.74) is 1.78. The van der Waals surface area contributed by atoms with E-state index in [1.54, 1.807) is 43.3 Å². The Kier molecular flexibility index (Phi) is 5.09. The van der Waals surface area contributed by atoms with Crippen molar-refractivity contribution >= 4 is 23.3 Å². The Balaban J connectivity index is 1.62. The van der Waals surface area contributed by atoms with Crippen molar-refractivity contribution < 1.29 is 14.3 Å². The number of benzene rings is 1. The van der Waals surface area contributed by atoms with Crippen molar-refractivity contribution in [2.24, 2.45) is 0 Å². The Morgan fingerprint density at radius 3 is 2.52 bits per heavy atom. The van der Waals surface area contributed by atoms with Gasteiger partial charge in [-0.2, -0.15) is 0 Å². The molecule has 0 saturated heterocycles. The van der Waals surface area contributed by atoms with E-state index in [-0.39, 0.29) is 11.8 Å². The fraction of sp³-hybridized carbons (Fsp3) is 0.211. The average molecular weight is 337 g/mol. The SMILES string of the molecule is CC1=C(C(=O)Nc2ccc(NC(=O)c3ccccc3)nc2)CCCO1. The first-order valence-corrected chi connectivity index (χ1v) is 8.10. The Bertz CT molecular complexity index is 798. The van der Waals surface area contributed by atoms with E-state index in [2.05, 4.69) is 15.6 Å². The van der Waals surface area contributed by atoms with Gasteiger partial charge in [-0.3, -0.25) is 9.59 Å². The first kappa shape index (κ1) is 16.7. The van der Waals surface area contributed by atoms with E-state index in [4.69, 9.17) is 4.74 Å². The first-order chi connectivity index (χ1) is 12.1. The summed E-state index contributed by atoms with van der Waals surface area (Å²) >= 11 is 0. The molecule has 1 aliphatic heterocycles. The standard InChI is InChI=1S/C19H19N3O3/c1-13-16(8-5-11-25-13)19(24)21-15-9-10-17(20-12-15)22-18(23)14-6-3-2-4-7-14/h2-4,6-7,9-10,12H,5,8,11H2,1H3,(H,21,24)(H,20,22,23). The molecule has 2 N–H and O–H groups in total. The third-order valence-electron chi connectivity index (χ3n) is 3.89. The quantitative estimate of drug-likeness (QED) is 0.896. The summed E-state index contributed by atoms with van der Waals surface area (Å²) < 4.78 is 5.41. The van der Waals surface area contributed by atoms with Gasteiger partial charge in [-0.15, -0.1) is 0 Å². The summed E-state index contributed by atoms with van der Waals surface area (Å²) in [7, 11) is 0. The maximum Gasteiger partial charge on any atom is 0.256 e. The van der Waals surface area contributed by atoms with Crippen LogP contribution in [-0.4, -0.2) is 23.4 Å². The average Bonchev–Trinajstić information content (AvgIpc) is 2.64. The molecule has 6 nitrogen and oxygen atoms in total. The number of allylic oxidation sites excluding steroid dienone is 1. The zero-order chi connectivity index (χ0) is 17.6. The summed E-state index contributed by atoms with van der Waals surface area (Å²) in [5.74, 6) is 0.678. The maximum atomic E-state index is 12.3. The van der Waals surface area contributed by atoms with Gasteiger partial charge in [0.25, 0.3) is 11.8 Å². The van der Waals surface area contributed by atoms with E-state index in [0.717, 1.165) is 6.42 Å². The van der Waals surface area contributed by atoms with Gasteiger partial charge < -0.3 is 15.4 Å². The van der Waals surface area contributed by atoms with Crippen LogP contribution < -0.4 is 10.6 Å². The number of hydrogen-bond donors (Lipinski definition) is 2. The Labute approximate surface area is 145 Å². The molecule has 1 aromatic heterocycles. The third kappa shape index (κ3) is 4.23. The van der Waals surface area contributed by atoms with E-state index in [0.29, 0.717) is 41.4 Å². The van der Waals surface area contributed by atoms with Crippen LogP contribution in [0, 0.1) is 0 Å². The summed E-state index contributed by atoms with van der Waals surface area (Å²) in [6.45, 7) is 2.45. The fourth-order valence-corrected chi connectivity index (χ4v) is 2.54. The smallest absolute Gasteiger partial charge is 0.256 e. The lowest BCUT2D eigenvalue weighted by molar-refractivity contribution is -0.113. The molecule has 0 fully saturated rings. The largest absolute Gasteiger partial charge is 0.498 e. The van der Waals surface area contributed by atoms with Crippen LogP contribution in [0.25, 0.3) is 0 Å². The molecule has 0 spiro atoms. The number of amides is 2. The molecule has 2 amide bonds. The van der Waals surface area contributed by atoms with Gasteiger partial charge in [-0.1, -0.05) is 18.2 Å². The van der Waals surface area contributed by atoms with Crippen LogP contribution in [0.3, 0.4) is 0 Å². The van der Waals surface area contributed by atoms with E-state index in [1.807, 2.05) is 6.07 Å². The molecule has 0 atom stereocenters. The molecule has 6 heteroatoms. The number of aromatic nitrogens is 1. The molecular weight excluding hydrogens is 318 g/mol. The van der Waals surface area contributed by atoms with Gasteiger partial charge in [0.2, 0.25) is 0 Å². The van der Waals surface area contributed by atoms with Crippen molar-refractivity contribution in [1.82, 2.24) is 4.98 Å². The zero-order valence-electron chi connectivity index (χ0n) is 13.9. The van der Waals surface area contributed by atoms with Crippen LogP contribution in [0.4, 0.5) is 11.5 Å². The Hall–Kier alpha value is -3.15. The topological polar surface area (TPSA) is 80.3 Å². The highest BCUT2D eigenvalue weighted by Crippen LogP contribution is 2.20. The van der Waals surface area contributed by atoms with Gasteiger partial charge in [-0.25, -0.2) is 4.98 Å². The lowest BCUT2D eigenvalue weighted by atomic mass is 10.1. The number of ether oxygens (including phenoxy) is 1. The van der Waals surface area contributed by atoms with Crippen molar-refractivity contribution in [1.29, 1.82) is 0 Å². The van der Waals surface area contributed by atoms with Crippen molar-refractivity contribution in [3.63, 3.8) is 0 Å². The molecule has 0 unspecified atom stereocenters. The number of pyridine rings is 1. The zero-order valence-corrected chi connectivity index (χ0v) is 13.9. The lowest BCUT2D eigenvalue weighted by Crippen LogP contribution is -2.20. The van der Waals surface area contributed by atoms with Gasteiger partial charge in [0.1, 0.15) is 11.6 Å². The van der Waals surface area contributed by atoms with Gasteiger partial charge in [0.05, 0.1) is 24.1 Å². The lowest BCUT2D eigenvalue weighted by Gasteiger charge is -2.18. The van der Waals surface area contributed by atoms with E-state index >= 15 is 0 Å². The molecule has 2 heterocycles. The van der Waals surface area contributed by atoms with Crippen molar-refractivity contribution in [3.8, 4) is 0 Å². The van der Waals surface area contributed by atoms with Crippen LogP contribution in [0.2, 0.25) is 0 Å². The maximum absolute atomic E-state index is 12.3. The van der Waals surface area contributed by atoms with Gasteiger partial charge in [0.15, 0.2) is 0 Å². The van der Waals surface area contributed by atoms with Crippen LogP contribution in [0.5, 0.6) is 0 Å². The number of hydrogen-bond acceptors (Lipinski definition) is 4. The van der Waals surface area contributed by atoms with Crippen LogP contribution in [-0.2, 0) is 9.53 Å². The molecule has 25 heavy (non-hydrogen) atoms.